The molecule has 5 heteroatoms. The largest absolute Gasteiger partial charge is 0.336 e. The van der Waals surface area contributed by atoms with Crippen LogP contribution in [0.2, 0.25) is 0 Å². The predicted molar refractivity (Wildman–Crippen MR) is 93.5 cm³/mol. The van der Waals surface area contributed by atoms with E-state index in [1.54, 1.807) is 0 Å². The second-order valence-corrected chi connectivity index (χ2v) is 7.35. The van der Waals surface area contributed by atoms with E-state index in [4.69, 9.17) is 0 Å². The van der Waals surface area contributed by atoms with Gasteiger partial charge in [-0.2, -0.15) is 5.26 Å². The average molecular weight is 326 g/mol. The monoisotopic (exact) mass is 326 g/mol. The number of nitrogens with one attached hydrogen (secondary N) is 1. The van der Waals surface area contributed by atoms with E-state index in [0.717, 1.165) is 51.1 Å². The zero-order chi connectivity index (χ0) is 17.2. The maximum Gasteiger partial charge on any atom is 0.317 e. The first-order chi connectivity index (χ1) is 11.5. The van der Waals surface area contributed by atoms with E-state index in [0.29, 0.717) is 6.04 Å². The highest BCUT2D eigenvalue weighted by molar-refractivity contribution is 5.76. The molecular formula is C19H26N4O. The van der Waals surface area contributed by atoms with Crippen molar-refractivity contribution in [3.8, 4) is 6.07 Å². The normalized spacial score (nSPS) is 22.3. The third-order valence-corrected chi connectivity index (χ3v) is 5.18. The van der Waals surface area contributed by atoms with Crippen LogP contribution < -0.4 is 5.32 Å². The molecule has 5 nitrogen and oxygen atoms in total. The van der Waals surface area contributed by atoms with Gasteiger partial charge in [0.05, 0.1) is 11.5 Å². The second kappa shape index (κ2) is 6.82. The van der Waals surface area contributed by atoms with Crippen LogP contribution >= 0.6 is 0 Å². The number of nitrogens with zero attached hydrogens (tertiary/aromatic N) is 3. The van der Waals surface area contributed by atoms with E-state index in [9.17, 15) is 10.1 Å². The lowest BCUT2D eigenvalue weighted by Gasteiger charge is -2.37. The van der Waals surface area contributed by atoms with Gasteiger partial charge < -0.3 is 10.2 Å². The number of likely N-dealkylation sites (tertiary alicyclic amines) is 1. The van der Waals surface area contributed by atoms with Crippen LogP contribution in [0.4, 0.5) is 4.79 Å². The molecule has 2 amide bonds. The Labute approximate surface area is 144 Å². The van der Waals surface area contributed by atoms with Crippen LogP contribution in [-0.4, -0.2) is 48.1 Å². The lowest BCUT2D eigenvalue weighted by Crippen LogP contribution is -2.48. The Bertz CT molecular complexity index is 649. The van der Waals surface area contributed by atoms with E-state index in [-0.39, 0.29) is 6.03 Å². The van der Waals surface area contributed by atoms with Crippen molar-refractivity contribution in [3.05, 3.63) is 35.4 Å². The summed E-state index contributed by atoms with van der Waals surface area (Å²) in [5.74, 6) is 0. The minimum atomic E-state index is -0.485. The van der Waals surface area contributed by atoms with Gasteiger partial charge in [-0.3, -0.25) is 4.90 Å². The first-order valence-corrected chi connectivity index (χ1v) is 8.78. The zero-order valence-electron chi connectivity index (χ0n) is 14.6. The first-order valence-electron chi connectivity index (χ1n) is 8.78. The number of piperidine rings is 1. The van der Waals surface area contributed by atoms with Crippen molar-refractivity contribution in [1.82, 2.24) is 15.1 Å². The molecule has 2 aliphatic heterocycles. The Morgan fingerprint density at radius 2 is 2.12 bits per heavy atom. The smallest absolute Gasteiger partial charge is 0.317 e. The molecule has 0 bridgehead atoms. The molecule has 1 N–H and O–H groups in total. The Morgan fingerprint density at radius 3 is 2.83 bits per heavy atom. The van der Waals surface area contributed by atoms with Crippen LogP contribution in [0.25, 0.3) is 0 Å². The molecule has 1 aromatic rings. The molecule has 0 radical (unpaired) electrons. The number of amides is 2. The van der Waals surface area contributed by atoms with Crippen molar-refractivity contribution in [2.45, 2.75) is 44.7 Å². The Hall–Kier alpha value is -2.06. The van der Waals surface area contributed by atoms with Gasteiger partial charge in [0, 0.05) is 32.2 Å². The van der Waals surface area contributed by atoms with Crippen LogP contribution in [0.1, 0.15) is 37.8 Å². The Balaban J connectivity index is 1.73. The maximum absolute atomic E-state index is 11.9. The second-order valence-electron chi connectivity index (χ2n) is 7.35. The van der Waals surface area contributed by atoms with Gasteiger partial charge >= 0.3 is 6.03 Å². The standard InChI is InChI=1S/C19H26N4O/c1-19(2,14-20)17-8-4-3-6-15(17)12-22-10-5-7-16(13-22)23-11-9-21-18(23)24/h3-4,6,8,16H,5,7,9-13H2,1-2H3,(H,21,24). The number of hydrogen-bond donors (Lipinski definition) is 1. The van der Waals surface area contributed by atoms with E-state index in [1.807, 2.05) is 30.9 Å². The molecule has 2 saturated heterocycles. The van der Waals surface area contributed by atoms with Gasteiger partial charge in [0.2, 0.25) is 0 Å². The summed E-state index contributed by atoms with van der Waals surface area (Å²) in [5.41, 5.74) is 1.84. The van der Waals surface area contributed by atoms with E-state index in [1.165, 1.54) is 5.56 Å². The highest BCUT2D eigenvalue weighted by Crippen LogP contribution is 2.28. The summed E-state index contributed by atoms with van der Waals surface area (Å²) >= 11 is 0. The Morgan fingerprint density at radius 1 is 1.33 bits per heavy atom. The highest BCUT2D eigenvalue weighted by atomic mass is 16.2. The van der Waals surface area contributed by atoms with Crippen LogP contribution in [0.3, 0.4) is 0 Å². The third kappa shape index (κ3) is 3.39. The zero-order valence-corrected chi connectivity index (χ0v) is 14.6. The van der Waals surface area contributed by atoms with Gasteiger partial charge in [-0.1, -0.05) is 24.3 Å². The summed E-state index contributed by atoms with van der Waals surface area (Å²) in [5, 5.41) is 12.4. The number of nitriles is 1. The number of hydrogen-bond acceptors (Lipinski definition) is 3. The minimum Gasteiger partial charge on any atom is -0.336 e. The summed E-state index contributed by atoms with van der Waals surface area (Å²) in [7, 11) is 0. The molecule has 0 aliphatic carbocycles. The van der Waals surface area contributed by atoms with Gasteiger partial charge in [-0.05, 0) is 44.4 Å². The summed E-state index contributed by atoms with van der Waals surface area (Å²) in [4.78, 5) is 16.3. The fraction of sp³-hybridized carbons (Fsp3) is 0.579. The van der Waals surface area contributed by atoms with Crippen LogP contribution in [0.15, 0.2) is 24.3 Å². The van der Waals surface area contributed by atoms with Crippen molar-refractivity contribution in [2.75, 3.05) is 26.2 Å². The third-order valence-electron chi connectivity index (χ3n) is 5.18. The summed E-state index contributed by atoms with van der Waals surface area (Å²) in [6.07, 6.45) is 2.19. The molecule has 2 fully saturated rings. The molecule has 1 aromatic carbocycles. The fourth-order valence-corrected chi connectivity index (χ4v) is 3.83. The van der Waals surface area contributed by atoms with Crippen LogP contribution in [0, 0.1) is 11.3 Å². The van der Waals surface area contributed by atoms with Crippen LogP contribution in [0.5, 0.6) is 0 Å². The predicted octanol–water partition coefficient (Wildman–Crippen LogP) is 2.48. The lowest BCUT2D eigenvalue weighted by atomic mass is 9.83. The van der Waals surface area contributed by atoms with Gasteiger partial charge in [-0.25, -0.2) is 4.79 Å². The fourth-order valence-electron chi connectivity index (χ4n) is 3.83. The molecule has 24 heavy (non-hydrogen) atoms. The van der Waals surface area contributed by atoms with E-state index < -0.39 is 5.41 Å². The molecule has 0 saturated carbocycles. The number of carbonyl (C=O) groups is 1. The van der Waals surface area contributed by atoms with E-state index in [2.05, 4.69) is 28.4 Å². The van der Waals surface area contributed by atoms with Crippen molar-refractivity contribution < 1.29 is 4.79 Å². The minimum absolute atomic E-state index is 0.0767. The molecule has 1 atom stereocenters. The van der Waals surface area contributed by atoms with Gasteiger partial charge in [-0.15, -0.1) is 0 Å². The lowest BCUT2D eigenvalue weighted by molar-refractivity contribution is 0.121. The van der Waals surface area contributed by atoms with E-state index >= 15 is 0 Å². The molecule has 0 spiro atoms. The SMILES string of the molecule is CC(C)(C#N)c1ccccc1CN1CCCC(N2CCNC2=O)C1. The van der Waals surface area contributed by atoms with Crippen molar-refractivity contribution in [1.29, 1.82) is 5.26 Å². The highest BCUT2D eigenvalue weighted by Gasteiger charge is 2.32. The van der Waals surface area contributed by atoms with Crippen molar-refractivity contribution in [3.63, 3.8) is 0 Å². The van der Waals surface area contributed by atoms with Gasteiger partial charge in [0.15, 0.2) is 0 Å². The van der Waals surface area contributed by atoms with Crippen LogP contribution in [-0.2, 0) is 12.0 Å². The maximum atomic E-state index is 11.9. The molecular weight excluding hydrogens is 300 g/mol. The topological polar surface area (TPSA) is 59.4 Å². The number of rotatable bonds is 4. The summed E-state index contributed by atoms with van der Waals surface area (Å²) in [6, 6.07) is 11.0. The Kier molecular flexibility index (Phi) is 4.77. The molecule has 2 aliphatic rings. The van der Waals surface area contributed by atoms with Crippen molar-refractivity contribution in [2.24, 2.45) is 0 Å². The average Bonchev–Trinajstić information content (AvgIpc) is 3.01. The quantitative estimate of drug-likeness (QED) is 0.925. The van der Waals surface area contributed by atoms with Gasteiger partial charge in [0.25, 0.3) is 0 Å². The molecule has 128 valence electrons. The molecule has 2 heterocycles. The number of benzene rings is 1. The number of carbonyl (C=O) groups excluding carboxylic acids is 1. The summed E-state index contributed by atoms with van der Waals surface area (Å²) < 4.78 is 0. The molecule has 0 aromatic heterocycles. The van der Waals surface area contributed by atoms with Crippen molar-refractivity contribution >= 4 is 6.03 Å². The van der Waals surface area contributed by atoms with Gasteiger partial charge in [0.1, 0.15) is 0 Å². The summed E-state index contributed by atoms with van der Waals surface area (Å²) in [6.45, 7) is 8.32. The number of urea groups is 1. The molecule has 3 rings (SSSR count). The first kappa shape index (κ1) is 16.8. The molecule has 1 unspecified atom stereocenters.